The Kier molecular flexibility index (Phi) is 2.58. The number of ether oxygens (including phenoxy) is 1. The lowest BCUT2D eigenvalue weighted by atomic mass is 10.2. The van der Waals surface area contributed by atoms with E-state index in [1.165, 1.54) is 6.33 Å². The molecule has 7 heteroatoms. The molecule has 0 amide bonds. The van der Waals surface area contributed by atoms with Crippen LogP contribution in [-0.4, -0.2) is 38.8 Å². The summed E-state index contributed by atoms with van der Waals surface area (Å²) in [6, 6.07) is -0.331. The highest BCUT2D eigenvalue weighted by Gasteiger charge is 2.27. The standard InChI is InChI=1S/C11H13N5O2/c1-2-6-8-9(12-5-13-10(8)16-15-6)14-7-3-4-18-11(7)17/h5,7H,2-4H2,1H3,(H2,12,13,14,15,16)/t7-/m0/s1. The molecule has 7 nitrogen and oxygen atoms in total. The summed E-state index contributed by atoms with van der Waals surface area (Å²) in [5.74, 6) is 0.401. The van der Waals surface area contributed by atoms with Crippen molar-refractivity contribution in [2.75, 3.05) is 11.9 Å². The fourth-order valence-corrected chi connectivity index (χ4v) is 2.07. The van der Waals surface area contributed by atoms with E-state index in [1.807, 2.05) is 6.92 Å². The summed E-state index contributed by atoms with van der Waals surface area (Å²) in [5.41, 5.74) is 1.56. The van der Waals surface area contributed by atoms with Gasteiger partial charge in [0, 0.05) is 12.1 Å². The summed E-state index contributed by atoms with van der Waals surface area (Å²) in [7, 11) is 0. The number of nitrogens with zero attached hydrogens (tertiary/aromatic N) is 3. The van der Waals surface area contributed by atoms with Gasteiger partial charge < -0.3 is 10.1 Å². The lowest BCUT2D eigenvalue weighted by Gasteiger charge is -2.10. The first-order valence-electron chi connectivity index (χ1n) is 5.90. The summed E-state index contributed by atoms with van der Waals surface area (Å²) >= 11 is 0. The molecule has 0 aromatic carbocycles. The fraction of sp³-hybridized carbons (Fsp3) is 0.455. The molecule has 3 rings (SSSR count). The van der Waals surface area contributed by atoms with Gasteiger partial charge in [0.15, 0.2) is 5.65 Å². The predicted molar refractivity (Wildman–Crippen MR) is 64.0 cm³/mol. The zero-order chi connectivity index (χ0) is 12.5. The van der Waals surface area contributed by atoms with Crippen LogP contribution in [0.2, 0.25) is 0 Å². The van der Waals surface area contributed by atoms with Crippen molar-refractivity contribution in [2.24, 2.45) is 0 Å². The van der Waals surface area contributed by atoms with Gasteiger partial charge in [-0.1, -0.05) is 6.92 Å². The Labute approximate surface area is 103 Å². The van der Waals surface area contributed by atoms with Crippen molar-refractivity contribution in [2.45, 2.75) is 25.8 Å². The van der Waals surface area contributed by atoms with Crippen molar-refractivity contribution in [1.29, 1.82) is 0 Å². The average Bonchev–Trinajstić information content (AvgIpc) is 2.97. The third kappa shape index (κ3) is 1.68. The number of hydrogen-bond acceptors (Lipinski definition) is 6. The quantitative estimate of drug-likeness (QED) is 0.773. The summed E-state index contributed by atoms with van der Waals surface area (Å²) < 4.78 is 4.92. The number of aromatic amines is 1. The van der Waals surface area contributed by atoms with E-state index < -0.39 is 0 Å². The molecule has 94 valence electrons. The number of carbonyl (C=O) groups is 1. The molecule has 1 aliphatic rings. The third-order valence-corrected chi connectivity index (χ3v) is 3.03. The second-order valence-electron chi connectivity index (χ2n) is 4.13. The molecule has 2 aromatic rings. The van der Waals surface area contributed by atoms with E-state index in [0.29, 0.717) is 24.5 Å². The highest BCUT2D eigenvalue weighted by atomic mass is 16.5. The summed E-state index contributed by atoms with van der Waals surface area (Å²) in [5, 5.41) is 11.0. The number of rotatable bonds is 3. The van der Waals surface area contributed by atoms with Gasteiger partial charge in [-0.05, 0) is 6.42 Å². The average molecular weight is 247 g/mol. The van der Waals surface area contributed by atoms with Crippen LogP contribution in [-0.2, 0) is 16.0 Å². The normalized spacial score (nSPS) is 19.2. The minimum Gasteiger partial charge on any atom is -0.464 e. The highest BCUT2D eigenvalue weighted by Crippen LogP contribution is 2.23. The molecule has 0 radical (unpaired) electrons. The van der Waals surface area contributed by atoms with Crippen LogP contribution in [0, 0.1) is 0 Å². The van der Waals surface area contributed by atoms with E-state index in [2.05, 4.69) is 25.5 Å². The molecule has 3 heterocycles. The molecule has 0 unspecified atom stereocenters. The number of aromatic nitrogens is 4. The van der Waals surface area contributed by atoms with Crippen LogP contribution in [0.25, 0.3) is 11.0 Å². The molecular weight excluding hydrogens is 234 g/mol. The van der Waals surface area contributed by atoms with Crippen LogP contribution in [0.15, 0.2) is 6.33 Å². The van der Waals surface area contributed by atoms with Gasteiger partial charge >= 0.3 is 5.97 Å². The topological polar surface area (TPSA) is 92.8 Å². The molecule has 1 fully saturated rings. The minimum absolute atomic E-state index is 0.233. The van der Waals surface area contributed by atoms with Crippen molar-refractivity contribution in [1.82, 2.24) is 20.2 Å². The Morgan fingerprint density at radius 1 is 1.56 bits per heavy atom. The number of cyclic esters (lactones) is 1. The van der Waals surface area contributed by atoms with E-state index >= 15 is 0 Å². The zero-order valence-corrected chi connectivity index (χ0v) is 9.93. The molecule has 1 aliphatic heterocycles. The highest BCUT2D eigenvalue weighted by molar-refractivity contribution is 5.91. The van der Waals surface area contributed by atoms with Gasteiger partial charge in [0.25, 0.3) is 0 Å². The number of H-pyrrole nitrogens is 1. The maximum absolute atomic E-state index is 11.5. The number of esters is 1. The van der Waals surface area contributed by atoms with Crippen LogP contribution >= 0.6 is 0 Å². The van der Waals surface area contributed by atoms with Gasteiger partial charge in [-0.2, -0.15) is 5.10 Å². The zero-order valence-electron chi connectivity index (χ0n) is 9.93. The summed E-state index contributed by atoms with van der Waals surface area (Å²) in [6.07, 6.45) is 2.89. The smallest absolute Gasteiger partial charge is 0.328 e. The van der Waals surface area contributed by atoms with Crippen LogP contribution in [0.4, 0.5) is 5.82 Å². The summed E-state index contributed by atoms with van der Waals surface area (Å²) in [6.45, 7) is 2.48. The summed E-state index contributed by atoms with van der Waals surface area (Å²) in [4.78, 5) is 19.7. The van der Waals surface area contributed by atoms with Gasteiger partial charge in [0.2, 0.25) is 0 Å². The number of fused-ring (bicyclic) bond motifs is 1. The van der Waals surface area contributed by atoms with Crippen LogP contribution in [0.5, 0.6) is 0 Å². The van der Waals surface area contributed by atoms with Crippen molar-refractivity contribution in [3.05, 3.63) is 12.0 Å². The minimum atomic E-state index is -0.331. The Balaban J connectivity index is 2.00. The van der Waals surface area contributed by atoms with Gasteiger partial charge in [-0.25, -0.2) is 14.8 Å². The Morgan fingerprint density at radius 3 is 3.17 bits per heavy atom. The van der Waals surface area contributed by atoms with Crippen molar-refractivity contribution in [3.8, 4) is 0 Å². The first-order valence-corrected chi connectivity index (χ1v) is 5.90. The Bertz CT molecular complexity index is 594. The number of anilines is 1. The molecule has 0 bridgehead atoms. The van der Waals surface area contributed by atoms with Crippen LogP contribution < -0.4 is 5.32 Å². The van der Waals surface area contributed by atoms with Crippen LogP contribution in [0.3, 0.4) is 0 Å². The third-order valence-electron chi connectivity index (χ3n) is 3.03. The number of carbonyl (C=O) groups excluding carboxylic acids is 1. The lowest BCUT2D eigenvalue weighted by Crippen LogP contribution is -2.25. The predicted octanol–water partition coefficient (Wildman–Crippen LogP) is 0.643. The molecule has 1 saturated heterocycles. The molecule has 2 N–H and O–H groups in total. The molecule has 0 saturated carbocycles. The van der Waals surface area contributed by atoms with E-state index in [-0.39, 0.29) is 12.0 Å². The Hall–Kier alpha value is -2.18. The number of nitrogens with one attached hydrogen (secondary N) is 2. The molecule has 0 spiro atoms. The molecule has 18 heavy (non-hydrogen) atoms. The second kappa shape index (κ2) is 4.25. The number of aryl methyl sites for hydroxylation is 1. The first-order chi connectivity index (χ1) is 8.79. The molecule has 1 atom stereocenters. The van der Waals surface area contributed by atoms with Crippen LogP contribution in [0.1, 0.15) is 19.0 Å². The SMILES string of the molecule is CCc1[nH]nc2ncnc(N[C@H]3CCOC3=O)c12. The van der Waals surface area contributed by atoms with Gasteiger partial charge in [-0.3, -0.25) is 5.10 Å². The van der Waals surface area contributed by atoms with Gasteiger partial charge in [-0.15, -0.1) is 0 Å². The van der Waals surface area contributed by atoms with Crippen molar-refractivity contribution < 1.29 is 9.53 Å². The molecule has 2 aromatic heterocycles. The first kappa shape index (κ1) is 10.9. The van der Waals surface area contributed by atoms with Crippen molar-refractivity contribution >= 4 is 22.8 Å². The molecule has 0 aliphatic carbocycles. The van der Waals surface area contributed by atoms with E-state index in [4.69, 9.17) is 4.74 Å². The number of hydrogen-bond donors (Lipinski definition) is 2. The maximum Gasteiger partial charge on any atom is 0.328 e. The van der Waals surface area contributed by atoms with Gasteiger partial charge in [0.05, 0.1) is 12.0 Å². The largest absolute Gasteiger partial charge is 0.464 e. The van der Waals surface area contributed by atoms with E-state index in [9.17, 15) is 4.79 Å². The maximum atomic E-state index is 11.5. The fourth-order valence-electron chi connectivity index (χ4n) is 2.07. The monoisotopic (exact) mass is 247 g/mol. The van der Waals surface area contributed by atoms with E-state index in [0.717, 1.165) is 17.5 Å². The molecular formula is C11H13N5O2. The van der Waals surface area contributed by atoms with E-state index in [1.54, 1.807) is 0 Å². The second-order valence-corrected chi connectivity index (χ2v) is 4.13. The lowest BCUT2D eigenvalue weighted by molar-refractivity contribution is -0.138. The Morgan fingerprint density at radius 2 is 2.44 bits per heavy atom. The van der Waals surface area contributed by atoms with Gasteiger partial charge in [0.1, 0.15) is 18.2 Å². The van der Waals surface area contributed by atoms with Crippen molar-refractivity contribution in [3.63, 3.8) is 0 Å².